The molecule has 0 aliphatic rings. The summed E-state index contributed by atoms with van der Waals surface area (Å²) in [7, 11) is -1.21. The number of hydrogen-bond acceptors (Lipinski definition) is 4. The number of halogens is 1. The van der Waals surface area contributed by atoms with Crippen molar-refractivity contribution >= 4 is 32.6 Å². The Hall–Kier alpha value is -1.44. The van der Waals surface area contributed by atoms with Crippen LogP contribution in [0.2, 0.25) is 0 Å². The van der Waals surface area contributed by atoms with Gasteiger partial charge in [0.2, 0.25) is 0 Å². The molecule has 148 valence electrons. The van der Waals surface area contributed by atoms with Crippen LogP contribution in [0.5, 0.6) is 0 Å². The van der Waals surface area contributed by atoms with Crippen LogP contribution in [0.3, 0.4) is 0 Å². The fraction of sp³-hybridized carbons (Fsp3) is 0.450. The zero-order chi connectivity index (χ0) is 19.6. The van der Waals surface area contributed by atoms with E-state index in [4.69, 9.17) is 4.42 Å². The molecule has 0 bridgehead atoms. The molecule has 0 saturated heterocycles. The van der Waals surface area contributed by atoms with Gasteiger partial charge in [0.05, 0.1) is 16.6 Å². The second kappa shape index (κ2) is 11.4. The molecule has 0 aliphatic heterocycles. The van der Waals surface area contributed by atoms with E-state index in [9.17, 15) is 9.00 Å². The summed E-state index contributed by atoms with van der Waals surface area (Å²) in [6.45, 7) is 7.80. The maximum Gasteiger partial charge on any atom is 0.287 e. The van der Waals surface area contributed by atoms with Gasteiger partial charge < -0.3 is 14.6 Å². The standard InChI is InChI=1S/C20H27BrN2O3S/c1-3-12-23(13-4-2)14-11-22-20(24)19-10-7-17(26-19)15-27(25)18-8-5-16(21)6-9-18/h5-10H,3-4,11-15H2,1-2H3,(H,22,24). The van der Waals surface area contributed by atoms with Gasteiger partial charge in [-0.3, -0.25) is 9.00 Å². The predicted molar refractivity (Wildman–Crippen MR) is 112 cm³/mol. The van der Waals surface area contributed by atoms with Crippen LogP contribution in [-0.2, 0) is 16.6 Å². The van der Waals surface area contributed by atoms with E-state index < -0.39 is 10.8 Å². The first-order valence-corrected chi connectivity index (χ1v) is 11.4. The molecular weight excluding hydrogens is 428 g/mol. The van der Waals surface area contributed by atoms with Crippen molar-refractivity contribution in [1.82, 2.24) is 10.2 Å². The van der Waals surface area contributed by atoms with E-state index in [1.165, 1.54) is 0 Å². The van der Waals surface area contributed by atoms with E-state index in [-0.39, 0.29) is 17.4 Å². The zero-order valence-corrected chi connectivity index (χ0v) is 18.3. The molecule has 0 aliphatic carbocycles. The summed E-state index contributed by atoms with van der Waals surface area (Å²) in [5.41, 5.74) is 0. The van der Waals surface area contributed by atoms with E-state index in [1.807, 2.05) is 24.3 Å². The molecule has 0 saturated carbocycles. The number of hydrogen-bond donors (Lipinski definition) is 1. The quantitative estimate of drug-likeness (QED) is 0.552. The van der Waals surface area contributed by atoms with Crippen LogP contribution < -0.4 is 5.32 Å². The molecule has 2 rings (SSSR count). The van der Waals surface area contributed by atoms with E-state index in [0.717, 1.165) is 41.8 Å². The molecule has 27 heavy (non-hydrogen) atoms. The van der Waals surface area contributed by atoms with Gasteiger partial charge in [-0.1, -0.05) is 29.8 Å². The SMILES string of the molecule is CCCN(CCC)CCNC(=O)c1ccc(CS(=O)c2ccc(Br)cc2)o1. The lowest BCUT2D eigenvalue weighted by Crippen LogP contribution is -2.35. The number of carbonyl (C=O) groups excluding carboxylic acids is 1. The number of nitrogens with zero attached hydrogens (tertiary/aromatic N) is 1. The van der Waals surface area contributed by atoms with Gasteiger partial charge in [-0.2, -0.15) is 0 Å². The highest BCUT2D eigenvalue weighted by Gasteiger charge is 2.14. The number of nitrogens with one attached hydrogen (secondary N) is 1. The first-order chi connectivity index (χ1) is 13.0. The van der Waals surface area contributed by atoms with Crippen molar-refractivity contribution in [1.29, 1.82) is 0 Å². The van der Waals surface area contributed by atoms with E-state index in [1.54, 1.807) is 12.1 Å². The third kappa shape index (κ3) is 7.24. The van der Waals surface area contributed by atoms with E-state index in [0.29, 0.717) is 12.3 Å². The Kier molecular flexibility index (Phi) is 9.24. The van der Waals surface area contributed by atoms with Crippen molar-refractivity contribution in [2.45, 2.75) is 37.3 Å². The van der Waals surface area contributed by atoms with Crippen molar-refractivity contribution in [3.63, 3.8) is 0 Å². The van der Waals surface area contributed by atoms with Gasteiger partial charge in [0, 0.05) is 22.5 Å². The minimum absolute atomic E-state index is 0.233. The number of amides is 1. The largest absolute Gasteiger partial charge is 0.455 e. The Morgan fingerprint density at radius 1 is 1.07 bits per heavy atom. The average Bonchev–Trinajstić information content (AvgIpc) is 3.11. The number of rotatable bonds is 11. The smallest absolute Gasteiger partial charge is 0.287 e. The summed E-state index contributed by atoms with van der Waals surface area (Å²) >= 11 is 3.36. The fourth-order valence-corrected chi connectivity index (χ4v) is 4.04. The van der Waals surface area contributed by atoms with Crippen LogP contribution in [0.15, 0.2) is 50.2 Å². The Morgan fingerprint density at radius 3 is 2.37 bits per heavy atom. The minimum atomic E-state index is -1.21. The third-order valence-corrected chi connectivity index (χ3v) is 5.90. The van der Waals surface area contributed by atoms with Crippen LogP contribution in [-0.4, -0.2) is 41.2 Å². The second-order valence-electron chi connectivity index (χ2n) is 6.31. The number of carbonyl (C=O) groups is 1. The summed E-state index contributed by atoms with van der Waals surface area (Å²) < 4.78 is 18.9. The Morgan fingerprint density at radius 2 is 1.74 bits per heavy atom. The van der Waals surface area contributed by atoms with Crippen molar-refractivity contribution in [2.75, 3.05) is 26.2 Å². The molecule has 1 N–H and O–H groups in total. The topological polar surface area (TPSA) is 62.6 Å². The van der Waals surface area contributed by atoms with Gasteiger partial charge in [-0.15, -0.1) is 0 Å². The van der Waals surface area contributed by atoms with Gasteiger partial charge in [-0.25, -0.2) is 0 Å². The normalized spacial score (nSPS) is 12.3. The van der Waals surface area contributed by atoms with E-state index >= 15 is 0 Å². The fourth-order valence-electron chi connectivity index (χ4n) is 2.76. The highest BCUT2D eigenvalue weighted by molar-refractivity contribution is 9.10. The summed E-state index contributed by atoms with van der Waals surface area (Å²) in [5.74, 6) is 0.814. The zero-order valence-electron chi connectivity index (χ0n) is 15.9. The molecule has 2 aromatic rings. The van der Waals surface area contributed by atoms with Crippen molar-refractivity contribution < 1.29 is 13.4 Å². The molecule has 1 aromatic heterocycles. The highest BCUT2D eigenvalue weighted by atomic mass is 79.9. The Labute approximate surface area is 172 Å². The summed E-state index contributed by atoms with van der Waals surface area (Å²) in [6.07, 6.45) is 2.20. The monoisotopic (exact) mass is 454 g/mol. The minimum Gasteiger partial charge on any atom is -0.455 e. The van der Waals surface area contributed by atoms with Gasteiger partial charge in [-0.05, 0) is 62.3 Å². The van der Waals surface area contributed by atoms with Gasteiger partial charge in [0.15, 0.2) is 5.76 Å². The molecule has 0 fully saturated rings. The first kappa shape index (κ1) is 21.9. The number of furan rings is 1. The summed E-state index contributed by atoms with van der Waals surface area (Å²) in [5, 5.41) is 2.90. The lowest BCUT2D eigenvalue weighted by Gasteiger charge is -2.20. The lowest BCUT2D eigenvalue weighted by molar-refractivity contribution is 0.0919. The van der Waals surface area contributed by atoms with Crippen LogP contribution in [0.1, 0.15) is 43.0 Å². The van der Waals surface area contributed by atoms with Gasteiger partial charge >= 0.3 is 0 Å². The van der Waals surface area contributed by atoms with Crippen LogP contribution in [0.4, 0.5) is 0 Å². The number of benzene rings is 1. The molecule has 1 amide bonds. The third-order valence-electron chi connectivity index (χ3n) is 4.03. The van der Waals surface area contributed by atoms with Crippen LogP contribution in [0.25, 0.3) is 0 Å². The lowest BCUT2D eigenvalue weighted by atomic mass is 10.3. The Balaban J connectivity index is 1.84. The maximum absolute atomic E-state index is 12.4. The molecule has 1 heterocycles. The molecule has 0 radical (unpaired) electrons. The summed E-state index contributed by atoms with van der Waals surface area (Å²) in [4.78, 5) is 15.3. The molecule has 1 atom stereocenters. The molecule has 1 aromatic carbocycles. The first-order valence-electron chi connectivity index (χ1n) is 9.26. The van der Waals surface area contributed by atoms with Crippen LogP contribution in [0, 0.1) is 0 Å². The van der Waals surface area contributed by atoms with Crippen LogP contribution >= 0.6 is 15.9 Å². The molecule has 1 unspecified atom stereocenters. The second-order valence-corrected chi connectivity index (χ2v) is 8.67. The van der Waals surface area contributed by atoms with Crippen molar-refractivity contribution in [2.24, 2.45) is 0 Å². The maximum atomic E-state index is 12.4. The van der Waals surface area contributed by atoms with Gasteiger partial charge in [0.1, 0.15) is 5.76 Å². The molecule has 5 nitrogen and oxygen atoms in total. The highest BCUT2D eigenvalue weighted by Crippen LogP contribution is 2.17. The predicted octanol–water partition coefficient (Wildman–Crippen LogP) is 4.20. The molecule has 7 heteroatoms. The molecular formula is C20H27BrN2O3S. The summed E-state index contributed by atoms with van der Waals surface area (Å²) in [6, 6.07) is 10.7. The van der Waals surface area contributed by atoms with Crippen molar-refractivity contribution in [3.05, 3.63) is 52.4 Å². The molecule has 0 spiro atoms. The van der Waals surface area contributed by atoms with Crippen molar-refractivity contribution in [3.8, 4) is 0 Å². The van der Waals surface area contributed by atoms with E-state index in [2.05, 4.69) is 40.0 Å². The Bertz CT molecular complexity index is 740. The van der Waals surface area contributed by atoms with Gasteiger partial charge in [0.25, 0.3) is 5.91 Å². The average molecular weight is 455 g/mol.